The number of rotatable bonds is 5. The lowest BCUT2D eigenvalue weighted by atomic mass is 10.3. The summed E-state index contributed by atoms with van der Waals surface area (Å²) in [5.74, 6) is 0. The van der Waals surface area contributed by atoms with E-state index in [9.17, 15) is 0 Å². The lowest BCUT2D eigenvalue weighted by molar-refractivity contribution is 1.08. The first-order chi connectivity index (χ1) is 8.77. The zero-order valence-electron chi connectivity index (χ0n) is 9.79. The smallest absolute Gasteiger partial charge is 0.0823 e. The molecule has 0 spiro atoms. The van der Waals surface area contributed by atoms with Gasteiger partial charge in [-0.3, -0.25) is 0 Å². The van der Waals surface area contributed by atoms with Crippen LogP contribution >= 0.6 is 23.2 Å². The summed E-state index contributed by atoms with van der Waals surface area (Å²) in [6.45, 7) is 1.59. The van der Waals surface area contributed by atoms with Gasteiger partial charge in [-0.2, -0.15) is 0 Å². The molecular weight excluding hydrogens is 267 g/mol. The van der Waals surface area contributed by atoms with E-state index < -0.39 is 0 Å². The maximum atomic E-state index is 6.07. The Morgan fingerprint density at radius 2 is 1.50 bits per heavy atom. The van der Waals surface area contributed by atoms with Crippen molar-refractivity contribution in [1.29, 1.82) is 0 Å². The molecule has 18 heavy (non-hydrogen) atoms. The highest BCUT2D eigenvalue weighted by Gasteiger charge is 2.02. The average Bonchev–Trinajstić information content (AvgIpc) is 2.40. The van der Waals surface area contributed by atoms with E-state index in [2.05, 4.69) is 10.6 Å². The highest BCUT2D eigenvalue weighted by molar-refractivity contribution is 6.43. The fourth-order valence-corrected chi connectivity index (χ4v) is 1.97. The molecule has 2 aromatic rings. The molecule has 0 aliphatic rings. The van der Waals surface area contributed by atoms with Gasteiger partial charge < -0.3 is 10.6 Å². The Kier molecular flexibility index (Phi) is 4.73. The molecule has 2 nitrogen and oxygen atoms in total. The van der Waals surface area contributed by atoms with Gasteiger partial charge in [-0.25, -0.2) is 0 Å². The van der Waals surface area contributed by atoms with Crippen LogP contribution in [0.1, 0.15) is 0 Å². The van der Waals surface area contributed by atoms with E-state index >= 15 is 0 Å². The van der Waals surface area contributed by atoms with E-state index in [1.165, 1.54) is 0 Å². The number of nitrogens with one attached hydrogen (secondary N) is 2. The van der Waals surface area contributed by atoms with Crippen molar-refractivity contribution in [3.05, 3.63) is 58.6 Å². The molecule has 0 fully saturated rings. The van der Waals surface area contributed by atoms with E-state index in [0.717, 1.165) is 24.5 Å². The molecule has 0 saturated heterocycles. The second-order valence-corrected chi connectivity index (χ2v) is 4.61. The first-order valence-corrected chi connectivity index (χ1v) is 6.50. The van der Waals surface area contributed by atoms with Crippen LogP contribution in [-0.4, -0.2) is 13.1 Å². The summed E-state index contributed by atoms with van der Waals surface area (Å²) in [6.07, 6.45) is 0. The maximum absolute atomic E-state index is 6.07. The molecule has 0 unspecified atom stereocenters. The number of hydrogen-bond donors (Lipinski definition) is 2. The topological polar surface area (TPSA) is 24.1 Å². The molecule has 0 aliphatic carbocycles. The second-order valence-electron chi connectivity index (χ2n) is 3.82. The van der Waals surface area contributed by atoms with E-state index in [1.54, 1.807) is 6.07 Å². The highest BCUT2D eigenvalue weighted by atomic mass is 35.5. The monoisotopic (exact) mass is 280 g/mol. The van der Waals surface area contributed by atoms with Crippen LogP contribution in [0.3, 0.4) is 0 Å². The quantitative estimate of drug-likeness (QED) is 0.787. The summed E-state index contributed by atoms with van der Waals surface area (Å²) in [5, 5.41) is 7.69. The summed E-state index contributed by atoms with van der Waals surface area (Å²) in [7, 11) is 0. The fraction of sp³-hybridized carbons (Fsp3) is 0.143. The number of benzene rings is 2. The summed E-state index contributed by atoms with van der Waals surface area (Å²) in [5.41, 5.74) is 1.97. The van der Waals surface area contributed by atoms with Crippen LogP contribution in [0.25, 0.3) is 0 Å². The van der Waals surface area contributed by atoms with Gasteiger partial charge in [0.15, 0.2) is 0 Å². The summed E-state index contributed by atoms with van der Waals surface area (Å²) in [6, 6.07) is 15.6. The van der Waals surface area contributed by atoms with Crippen LogP contribution in [0, 0.1) is 0 Å². The van der Waals surface area contributed by atoms with Crippen molar-refractivity contribution >= 4 is 34.6 Å². The van der Waals surface area contributed by atoms with Gasteiger partial charge in [0.05, 0.1) is 15.7 Å². The van der Waals surface area contributed by atoms with Crippen LogP contribution in [0.4, 0.5) is 11.4 Å². The second kappa shape index (κ2) is 6.53. The van der Waals surface area contributed by atoms with E-state index in [4.69, 9.17) is 23.2 Å². The van der Waals surface area contributed by atoms with Gasteiger partial charge in [-0.05, 0) is 24.3 Å². The van der Waals surface area contributed by atoms with Crippen molar-refractivity contribution in [3.63, 3.8) is 0 Å². The van der Waals surface area contributed by atoms with E-state index in [1.807, 2.05) is 42.5 Å². The van der Waals surface area contributed by atoms with Crippen molar-refractivity contribution in [3.8, 4) is 0 Å². The summed E-state index contributed by atoms with van der Waals surface area (Å²) < 4.78 is 0. The molecule has 0 bridgehead atoms. The molecule has 0 aliphatic heterocycles. The average molecular weight is 281 g/mol. The van der Waals surface area contributed by atoms with Gasteiger partial charge in [-0.15, -0.1) is 0 Å². The minimum absolute atomic E-state index is 0.567. The lowest BCUT2D eigenvalue weighted by Gasteiger charge is -2.10. The van der Waals surface area contributed by atoms with Crippen LogP contribution in [0.5, 0.6) is 0 Å². The Balaban J connectivity index is 1.81. The third kappa shape index (κ3) is 3.56. The highest BCUT2D eigenvalue weighted by Crippen LogP contribution is 2.29. The van der Waals surface area contributed by atoms with E-state index in [0.29, 0.717) is 10.0 Å². The van der Waals surface area contributed by atoms with Crippen molar-refractivity contribution < 1.29 is 0 Å². The Bertz CT molecular complexity index is 500. The number of hydrogen-bond acceptors (Lipinski definition) is 2. The normalized spacial score (nSPS) is 10.1. The van der Waals surface area contributed by atoms with Gasteiger partial charge in [0.1, 0.15) is 0 Å². The van der Waals surface area contributed by atoms with Gasteiger partial charge >= 0.3 is 0 Å². The number of para-hydroxylation sites is 1. The first kappa shape index (κ1) is 13.1. The fourth-order valence-electron chi connectivity index (χ4n) is 1.60. The molecule has 0 amide bonds. The third-order valence-corrected chi connectivity index (χ3v) is 3.31. The predicted octanol–water partition coefficient (Wildman–Crippen LogP) is 4.52. The molecule has 0 atom stereocenters. The minimum atomic E-state index is 0.567. The Labute approximate surface area is 117 Å². The summed E-state index contributed by atoms with van der Waals surface area (Å²) in [4.78, 5) is 0. The van der Waals surface area contributed by atoms with Crippen molar-refractivity contribution in [2.45, 2.75) is 0 Å². The largest absolute Gasteiger partial charge is 0.383 e. The maximum Gasteiger partial charge on any atom is 0.0823 e. The van der Waals surface area contributed by atoms with Crippen LogP contribution in [-0.2, 0) is 0 Å². The summed E-state index contributed by atoms with van der Waals surface area (Å²) >= 11 is 12.0. The molecule has 2 aromatic carbocycles. The van der Waals surface area contributed by atoms with Gasteiger partial charge in [-0.1, -0.05) is 47.5 Å². The zero-order valence-corrected chi connectivity index (χ0v) is 11.3. The van der Waals surface area contributed by atoms with Gasteiger partial charge in [0.2, 0.25) is 0 Å². The van der Waals surface area contributed by atoms with E-state index in [-0.39, 0.29) is 0 Å². The predicted molar refractivity (Wildman–Crippen MR) is 79.9 cm³/mol. The minimum Gasteiger partial charge on any atom is -0.383 e. The van der Waals surface area contributed by atoms with Crippen LogP contribution in [0.15, 0.2) is 48.5 Å². The van der Waals surface area contributed by atoms with Crippen LogP contribution in [0.2, 0.25) is 10.0 Å². The first-order valence-electron chi connectivity index (χ1n) is 5.74. The van der Waals surface area contributed by atoms with Crippen LogP contribution < -0.4 is 10.6 Å². The molecule has 4 heteroatoms. The third-order valence-electron chi connectivity index (χ3n) is 2.49. The molecule has 2 N–H and O–H groups in total. The molecule has 94 valence electrons. The molecule has 0 radical (unpaired) electrons. The van der Waals surface area contributed by atoms with Gasteiger partial charge in [0, 0.05) is 18.8 Å². The number of anilines is 2. The molecular formula is C14H14Cl2N2. The SMILES string of the molecule is Clc1cccc(NCCNc2ccccc2)c1Cl. The number of halogens is 2. The van der Waals surface area contributed by atoms with Gasteiger partial charge in [0.25, 0.3) is 0 Å². The molecule has 0 saturated carbocycles. The molecule has 0 aromatic heterocycles. The molecule has 2 rings (SSSR count). The molecule has 0 heterocycles. The Morgan fingerprint density at radius 3 is 2.28 bits per heavy atom. The lowest BCUT2D eigenvalue weighted by Crippen LogP contribution is -2.13. The Hall–Kier alpha value is -1.38. The Morgan fingerprint density at radius 1 is 0.778 bits per heavy atom. The standard InChI is InChI=1S/C14H14Cl2N2/c15-12-7-4-8-13(14(12)16)18-10-9-17-11-5-2-1-3-6-11/h1-8,17-18H,9-10H2. The zero-order chi connectivity index (χ0) is 12.8. The van der Waals surface area contributed by atoms with Crippen molar-refractivity contribution in [2.24, 2.45) is 0 Å². The van der Waals surface area contributed by atoms with Crippen molar-refractivity contribution in [1.82, 2.24) is 0 Å². The van der Waals surface area contributed by atoms with Crippen molar-refractivity contribution in [2.75, 3.05) is 23.7 Å².